The number of nitrogens with zero attached hydrogens (tertiary/aromatic N) is 3. The zero-order valence-electron chi connectivity index (χ0n) is 14.7. The molecule has 7 nitrogen and oxygen atoms in total. The summed E-state index contributed by atoms with van der Waals surface area (Å²) in [6.07, 6.45) is 4.10. The molecule has 0 saturated carbocycles. The zero-order chi connectivity index (χ0) is 18.6. The molecule has 3 rings (SSSR count). The van der Waals surface area contributed by atoms with Crippen molar-refractivity contribution >= 4 is 15.7 Å². The molecule has 2 aromatic rings. The van der Waals surface area contributed by atoms with E-state index < -0.39 is 15.9 Å². The van der Waals surface area contributed by atoms with Crippen LogP contribution in [0.2, 0.25) is 0 Å². The Kier molecular flexibility index (Phi) is 5.73. The number of aromatic nitrogens is 2. The Labute approximate surface area is 153 Å². The first kappa shape index (κ1) is 18.6. The van der Waals surface area contributed by atoms with Gasteiger partial charge in [-0.3, -0.25) is 9.48 Å². The Morgan fingerprint density at radius 2 is 2.08 bits per heavy atom. The van der Waals surface area contributed by atoms with Crippen LogP contribution in [0.5, 0.6) is 0 Å². The van der Waals surface area contributed by atoms with Crippen molar-refractivity contribution in [3.63, 3.8) is 0 Å². The topological polar surface area (TPSA) is 81.5 Å². The van der Waals surface area contributed by atoms with Crippen molar-refractivity contribution in [2.75, 3.05) is 31.3 Å². The van der Waals surface area contributed by atoms with E-state index in [4.69, 9.17) is 4.74 Å². The van der Waals surface area contributed by atoms with E-state index in [-0.39, 0.29) is 30.6 Å². The van der Waals surface area contributed by atoms with Crippen molar-refractivity contribution in [3.8, 4) is 0 Å². The highest BCUT2D eigenvalue weighted by atomic mass is 32.2. The third kappa shape index (κ3) is 4.70. The van der Waals surface area contributed by atoms with Crippen molar-refractivity contribution in [3.05, 3.63) is 53.9 Å². The maximum absolute atomic E-state index is 12.6. The molecule has 1 aliphatic heterocycles. The van der Waals surface area contributed by atoms with Gasteiger partial charge in [-0.05, 0) is 12.0 Å². The van der Waals surface area contributed by atoms with Crippen molar-refractivity contribution in [2.45, 2.75) is 12.5 Å². The summed E-state index contributed by atoms with van der Waals surface area (Å²) in [7, 11) is -1.41. The Balaban J connectivity index is 1.59. The van der Waals surface area contributed by atoms with Crippen molar-refractivity contribution in [1.29, 1.82) is 0 Å². The molecule has 0 spiro atoms. The van der Waals surface area contributed by atoms with Gasteiger partial charge < -0.3 is 9.64 Å². The SMILES string of the molecule is Cn1cc([C@H]2CS(=O)(=O)CCN2C(=O)COCCc2ccccc2)cn1. The molecule has 1 aromatic carbocycles. The highest BCUT2D eigenvalue weighted by Gasteiger charge is 2.35. The van der Waals surface area contributed by atoms with Gasteiger partial charge in [0.05, 0.1) is 30.4 Å². The fourth-order valence-corrected chi connectivity index (χ4v) is 4.57. The van der Waals surface area contributed by atoms with Gasteiger partial charge in [0, 0.05) is 25.4 Å². The average molecular weight is 377 g/mol. The normalized spacial score (nSPS) is 19.4. The molecule has 26 heavy (non-hydrogen) atoms. The Morgan fingerprint density at radius 3 is 2.77 bits per heavy atom. The van der Waals surface area contributed by atoms with Gasteiger partial charge in [-0.25, -0.2) is 8.42 Å². The van der Waals surface area contributed by atoms with Crippen LogP contribution in [-0.2, 0) is 32.8 Å². The van der Waals surface area contributed by atoms with Gasteiger partial charge in [-0.1, -0.05) is 30.3 Å². The molecule has 140 valence electrons. The predicted octanol–water partition coefficient (Wildman–Crippen LogP) is 0.978. The van der Waals surface area contributed by atoms with Crippen LogP contribution < -0.4 is 0 Å². The van der Waals surface area contributed by atoms with Crippen LogP contribution in [0.1, 0.15) is 17.2 Å². The van der Waals surface area contributed by atoms with Gasteiger partial charge in [0.2, 0.25) is 5.91 Å². The molecule has 0 N–H and O–H groups in total. The fraction of sp³-hybridized carbons (Fsp3) is 0.444. The van der Waals surface area contributed by atoms with Gasteiger partial charge in [-0.15, -0.1) is 0 Å². The first-order valence-corrected chi connectivity index (χ1v) is 10.4. The standard InChI is InChI=1S/C18H23N3O4S/c1-20-12-16(11-19-20)17-14-26(23,24)10-8-21(17)18(22)13-25-9-7-15-5-3-2-4-6-15/h2-6,11-12,17H,7-10,13-14H2,1H3/t17-/m1/s1. The van der Waals surface area contributed by atoms with Crippen LogP contribution in [0.3, 0.4) is 0 Å². The molecule has 1 aliphatic rings. The Bertz CT molecular complexity index is 848. The molecule has 8 heteroatoms. The van der Waals surface area contributed by atoms with Crippen LogP contribution >= 0.6 is 0 Å². The largest absolute Gasteiger partial charge is 0.371 e. The molecular weight excluding hydrogens is 354 g/mol. The minimum Gasteiger partial charge on any atom is -0.371 e. The van der Waals surface area contributed by atoms with E-state index in [1.165, 1.54) is 0 Å². The molecule has 1 amide bonds. The minimum atomic E-state index is -3.17. The van der Waals surface area contributed by atoms with E-state index >= 15 is 0 Å². The van der Waals surface area contributed by atoms with Crippen molar-refractivity contribution in [1.82, 2.24) is 14.7 Å². The number of hydrogen-bond donors (Lipinski definition) is 0. The predicted molar refractivity (Wildman–Crippen MR) is 97.3 cm³/mol. The summed E-state index contributed by atoms with van der Waals surface area (Å²) in [5, 5.41) is 4.09. The number of carbonyl (C=O) groups is 1. The van der Waals surface area contributed by atoms with Gasteiger partial charge in [0.1, 0.15) is 6.61 Å². The smallest absolute Gasteiger partial charge is 0.249 e. The second-order valence-corrected chi connectivity index (χ2v) is 8.68. The van der Waals surface area contributed by atoms with Crippen LogP contribution in [0, 0.1) is 0 Å². The third-order valence-corrected chi connectivity index (χ3v) is 6.09. The van der Waals surface area contributed by atoms with Crippen molar-refractivity contribution in [2.24, 2.45) is 7.05 Å². The molecule has 0 radical (unpaired) electrons. The number of hydrogen-bond acceptors (Lipinski definition) is 5. The van der Waals surface area contributed by atoms with Crippen LogP contribution in [-0.4, -0.2) is 60.3 Å². The van der Waals surface area contributed by atoms with Gasteiger partial charge in [0.15, 0.2) is 9.84 Å². The minimum absolute atomic E-state index is 0.0144. The fourth-order valence-electron chi connectivity index (χ4n) is 3.07. The molecular formula is C18H23N3O4S. The lowest BCUT2D eigenvalue weighted by Gasteiger charge is -2.35. The second-order valence-electron chi connectivity index (χ2n) is 6.45. The number of sulfone groups is 1. The summed E-state index contributed by atoms with van der Waals surface area (Å²) in [4.78, 5) is 14.2. The molecule has 2 heterocycles. The van der Waals surface area contributed by atoms with Gasteiger partial charge in [0.25, 0.3) is 0 Å². The van der Waals surface area contributed by atoms with Crippen LogP contribution in [0.25, 0.3) is 0 Å². The van der Waals surface area contributed by atoms with Gasteiger partial charge >= 0.3 is 0 Å². The average Bonchev–Trinajstić information content (AvgIpc) is 3.05. The second kappa shape index (κ2) is 8.01. The van der Waals surface area contributed by atoms with E-state index in [0.29, 0.717) is 6.61 Å². The lowest BCUT2D eigenvalue weighted by molar-refractivity contribution is -0.138. The van der Waals surface area contributed by atoms with E-state index in [1.54, 1.807) is 29.0 Å². The number of benzene rings is 1. The number of aryl methyl sites for hydroxylation is 1. The summed E-state index contributed by atoms with van der Waals surface area (Å²) in [6, 6.07) is 9.41. The first-order chi connectivity index (χ1) is 12.4. The van der Waals surface area contributed by atoms with Crippen molar-refractivity contribution < 1.29 is 17.9 Å². The first-order valence-electron chi connectivity index (χ1n) is 8.55. The summed E-state index contributed by atoms with van der Waals surface area (Å²) in [6.45, 7) is 0.575. The van der Waals surface area contributed by atoms with Crippen LogP contribution in [0.4, 0.5) is 0 Å². The molecule has 1 aromatic heterocycles. The summed E-state index contributed by atoms with van der Waals surface area (Å²) >= 11 is 0. The van der Waals surface area contributed by atoms with E-state index in [2.05, 4.69) is 5.10 Å². The zero-order valence-corrected chi connectivity index (χ0v) is 15.6. The summed E-state index contributed by atoms with van der Waals surface area (Å²) < 4.78 is 31.2. The third-order valence-electron chi connectivity index (χ3n) is 4.46. The number of carbonyl (C=O) groups excluding carboxylic acids is 1. The lowest BCUT2D eigenvalue weighted by atomic mass is 10.1. The van der Waals surface area contributed by atoms with E-state index in [1.807, 2.05) is 30.3 Å². The summed E-state index contributed by atoms with van der Waals surface area (Å²) in [5.41, 5.74) is 1.88. The molecule has 1 saturated heterocycles. The molecule has 1 atom stereocenters. The quantitative estimate of drug-likeness (QED) is 0.701. The monoisotopic (exact) mass is 377 g/mol. The molecule has 0 bridgehead atoms. The van der Waals surface area contributed by atoms with Gasteiger partial charge in [-0.2, -0.15) is 5.10 Å². The highest BCUT2D eigenvalue weighted by Crippen LogP contribution is 2.26. The summed E-state index contributed by atoms with van der Waals surface area (Å²) in [5.74, 6) is -0.282. The molecule has 0 unspecified atom stereocenters. The lowest BCUT2D eigenvalue weighted by Crippen LogP contribution is -2.47. The Morgan fingerprint density at radius 1 is 1.31 bits per heavy atom. The maximum Gasteiger partial charge on any atom is 0.249 e. The highest BCUT2D eigenvalue weighted by molar-refractivity contribution is 7.91. The molecule has 1 fully saturated rings. The number of amides is 1. The maximum atomic E-state index is 12.6. The Hall–Kier alpha value is -2.19. The van der Waals surface area contributed by atoms with E-state index in [0.717, 1.165) is 17.5 Å². The van der Waals surface area contributed by atoms with E-state index in [9.17, 15) is 13.2 Å². The van der Waals surface area contributed by atoms with Crippen LogP contribution in [0.15, 0.2) is 42.7 Å². The molecule has 0 aliphatic carbocycles. The number of rotatable bonds is 6. The number of ether oxygens (including phenoxy) is 1.